The minimum atomic E-state index is -1.98. The number of carbonyl (C=O) groups is 4. The van der Waals surface area contributed by atoms with Crippen molar-refractivity contribution in [3.8, 4) is 11.5 Å². The Kier molecular flexibility index (Phi) is 10.0. The average Bonchev–Trinajstić information content (AvgIpc) is 3.59. The van der Waals surface area contributed by atoms with Crippen molar-refractivity contribution < 1.29 is 82.6 Å². The van der Waals surface area contributed by atoms with Crippen LogP contribution in [0, 0.1) is 28.6 Å². The summed E-state index contributed by atoms with van der Waals surface area (Å²) in [5.74, 6) is -4.30. The molecular formula is C37H48O17. The van der Waals surface area contributed by atoms with Crippen LogP contribution in [0.3, 0.4) is 0 Å². The first-order chi connectivity index (χ1) is 25.4. The largest absolute Gasteiger partial charge is 0.455 e. The Bertz CT molecular complexity index is 1660. The highest BCUT2D eigenvalue weighted by atomic mass is 16.8. The number of rotatable bonds is 7. The summed E-state index contributed by atoms with van der Waals surface area (Å²) in [7, 11) is 0. The van der Waals surface area contributed by atoms with E-state index in [1.165, 1.54) is 26.0 Å². The molecule has 2 saturated heterocycles. The van der Waals surface area contributed by atoms with E-state index in [2.05, 4.69) is 0 Å². The zero-order valence-electron chi connectivity index (χ0n) is 30.6. The summed E-state index contributed by atoms with van der Waals surface area (Å²) in [6.45, 7) is 6.64. The molecule has 0 bridgehead atoms. The van der Waals surface area contributed by atoms with Gasteiger partial charge in [0.1, 0.15) is 36.1 Å². The van der Waals surface area contributed by atoms with E-state index in [0.717, 1.165) is 6.92 Å². The lowest BCUT2D eigenvalue weighted by Gasteiger charge is -2.70. The van der Waals surface area contributed by atoms with E-state index in [9.17, 15) is 44.7 Å². The van der Waals surface area contributed by atoms with Crippen LogP contribution in [0.25, 0.3) is 0 Å². The van der Waals surface area contributed by atoms with Crippen molar-refractivity contribution in [2.75, 3.05) is 13.4 Å². The second-order valence-corrected chi connectivity index (χ2v) is 16.0. The van der Waals surface area contributed by atoms with Crippen LogP contribution in [0.2, 0.25) is 0 Å². The van der Waals surface area contributed by atoms with Crippen molar-refractivity contribution in [3.05, 3.63) is 23.8 Å². The minimum absolute atomic E-state index is 0.0382. The van der Waals surface area contributed by atoms with Crippen LogP contribution < -0.4 is 9.47 Å². The van der Waals surface area contributed by atoms with E-state index in [4.69, 9.17) is 37.9 Å². The van der Waals surface area contributed by atoms with E-state index < -0.39 is 126 Å². The third-order valence-electron chi connectivity index (χ3n) is 12.9. The Balaban J connectivity index is 1.32. The van der Waals surface area contributed by atoms with Gasteiger partial charge >= 0.3 is 17.9 Å². The molecule has 54 heavy (non-hydrogen) atoms. The molecule has 3 aliphatic carbocycles. The van der Waals surface area contributed by atoms with Crippen molar-refractivity contribution in [3.63, 3.8) is 0 Å². The molecule has 0 radical (unpaired) electrons. The van der Waals surface area contributed by atoms with Gasteiger partial charge in [-0.25, -0.2) is 4.79 Å². The topological polar surface area (TPSA) is 243 Å². The summed E-state index contributed by atoms with van der Waals surface area (Å²) in [4.78, 5) is 53.9. The van der Waals surface area contributed by atoms with Crippen molar-refractivity contribution in [1.82, 2.24) is 0 Å². The predicted molar refractivity (Wildman–Crippen MR) is 177 cm³/mol. The Hall–Kier alpha value is -3.42. The van der Waals surface area contributed by atoms with Gasteiger partial charge in [0.2, 0.25) is 6.79 Å². The number of Topliss-reactive ketones (excluding diaryl/α,β-unsaturated/α-hetero) is 1. The Morgan fingerprint density at radius 1 is 0.889 bits per heavy atom. The van der Waals surface area contributed by atoms with E-state index in [-0.39, 0.29) is 31.6 Å². The van der Waals surface area contributed by atoms with Crippen LogP contribution in [0.1, 0.15) is 70.7 Å². The molecule has 0 aromatic heterocycles. The highest BCUT2D eigenvalue weighted by Crippen LogP contribution is 2.69. The number of hydrogen-bond donors (Lipinski definition) is 5. The molecule has 3 aliphatic heterocycles. The van der Waals surface area contributed by atoms with Crippen LogP contribution in [0.4, 0.5) is 0 Å². The van der Waals surface area contributed by atoms with Gasteiger partial charge in [-0.05, 0) is 50.3 Å². The SMILES string of the molecule is CC(=O)OC1CCC2CC3OC(OC4OC(CO)C(O)C(O)C4O)CC4C(C)(O)C(OC(C)=O)C(OC(=O)c5ccc6c(c5)OCO6)C(C2(C)C1=O)C34C. The van der Waals surface area contributed by atoms with E-state index in [1.54, 1.807) is 13.0 Å². The van der Waals surface area contributed by atoms with Gasteiger partial charge in [0.05, 0.1) is 18.3 Å². The summed E-state index contributed by atoms with van der Waals surface area (Å²) < 4.78 is 46.9. The maximum Gasteiger partial charge on any atom is 0.338 e. The number of fused-ring (bicyclic) bond motifs is 3. The van der Waals surface area contributed by atoms with Gasteiger partial charge < -0.3 is 63.4 Å². The smallest absolute Gasteiger partial charge is 0.338 e. The van der Waals surface area contributed by atoms with Crippen LogP contribution in [-0.2, 0) is 42.8 Å². The molecular weight excluding hydrogens is 716 g/mol. The molecule has 298 valence electrons. The van der Waals surface area contributed by atoms with E-state index in [0.29, 0.717) is 17.9 Å². The van der Waals surface area contributed by atoms with Crippen molar-refractivity contribution in [1.29, 1.82) is 0 Å². The standard InChI is InChI=1S/C37H48O17/c1-15(39)49-20-9-7-18-11-24-36(4)23(12-25(52-24)53-34-28(43)27(42)26(41)22(13-38)51-34)37(5,46)32(50-16(2)40)29(30(36)35(18,3)31(20)44)54-33(45)17-6-8-19-21(10-17)48-14-47-19/h6,8,10,18,20,22-30,32,34,38,41-43,46H,7,9,11-14H2,1-5H3. The number of benzene rings is 1. The molecule has 1 aromatic rings. The summed E-state index contributed by atoms with van der Waals surface area (Å²) in [5.41, 5.74) is -4.49. The summed E-state index contributed by atoms with van der Waals surface area (Å²) in [6.07, 6.45) is -13.3. The van der Waals surface area contributed by atoms with Gasteiger partial charge in [0, 0.05) is 42.9 Å². The monoisotopic (exact) mass is 764 g/mol. The molecule has 5 N–H and O–H groups in total. The maximum absolute atomic E-state index is 14.7. The second-order valence-electron chi connectivity index (χ2n) is 16.0. The number of aliphatic hydroxyl groups is 5. The van der Waals surface area contributed by atoms with Crippen LogP contribution in [0.15, 0.2) is 18.2 Å². The summed E-state index contributed by atoms with van der Waals surface area (Å²) in [6, 6.07) is 4.46. The quantitative estimate of drug-likeness (QED) is 0.183. The molecule has 16 unspecified atom stereocenters. The molecule has 17 heteroatoms. The van der Waals surface area contributed by atoms with Crippen molar-refractivity contribution in [2.24, 2.45) is 28.6 Å². The third-order valence-corrected chi connectivity index (χ3v) is 12.9. The Morgan fingerprint density at radius 3 is 2.28 bits per heavy atom. The van der Waals surface area contributed by atoms with Crippen LogP contribution in [-0.4, -0.2) is 130 Å². The molecule has 3 heterocycles. The van der Waals surface area contributed by atoms with Gasteiger partial charge in [-0.15, -0.1) is 0 Å². The maximum atomic E-state index is 14.7. The highest BCUT2D eigenvalue weighted by molar-refractivity contribution is 5.93. The number of carbonyl (C=O) groups excluding carboxylic acids is 4. The lowest BCUT2D eigenvalue weighted by Crippen LogP contribution is -2.79. The number of esters is 3. The summed E-state index contributed by atoms with van der Waals surface area (Å²) in [5, 5.41) is 54.0. The van der Waals surface area contributed by atoms with E-state index in [1.807, 2.05) is 6.92 Å². The molecule has 0 spiro atoms. The van der Waals surface area contributed by atoms with Gasteiger partial charge in [0.25, 0.3) is 0 Å². The molecule has 6 aliphatic rings. The number of hydrogen-bond acceptors (Lipinski definition) is 17. The lowest BCUT2D eigenvalue weighted by molar-refractivity contribution is -0.391. The third kappa shape index (κ3) is 6.07. The fourth-order valence-corrected chi connectivity index (χ4v) is 10.5. The van der Waals surface area contributed by atoms with Gasteiger partial charge in [0.15, 0.2) is 42.1 Å². The lowest BCUT2D eigenvalue weighted by atomic mass is 9.37. The average molecular weight is 765 g/mol. The van der Waals surface area contributed by atoms with Gasteiger partial charge in [-0.2, -0.15) is 0 Å². The minimum Gasteiger partial charge on any atom is -0.455 e. The second kappa shape index (κ2) is 14.0. The Labute approximate surface area is 310 Å². The van der Waals surface area contributed by atoms with Crippen molar-refractivity contribution >= 4 is 23.7 Å². The zero-order chi connectivity index (χ0) is 39.1. The first-order valence-electron chi connectivity index (χ1n) is 18.3. The van der Waals surface area contributed by atoms with Gasteiger partial charge in [-0.1, -0.05) is 13.8 Å². The molecule has 3 saturated carbocycles. The number of aliphatic hydroxyl groups excluding tert-OH is 4. The van der Waals surface area contributed by atoms with Crippen LogP contribution in [0.5, 0.6) is 11.5 Å². The normalized spacial score (nSPS) is 45.1. The molecule has 0 amide bonds. The number of ketones is 1. The fourth-order valence-electron chi connectivity index (χ4n) is 10.5. The predicted octanol–water partition coefficient (Wildman–Crippen LogP) is 0.128. The molecule has 17 nitrogen and oxygen atoms in total. The molecule has 5 fully saturated rings. The first-order valence-corrected chi connectivity index (χ1v) is 18.3. The highest BCUT2D eigenvalue weighted by Gasteiger charge is 2.77. The van der Waals surface area contributed by atoms with Crippen molar-refractivity contribution in [2.45, 2.75) is 127 Å². The molecule has 7 rings (SSSR count). The Morgan fingerprint density at radius 2 is 1.59 bits per heavy atom. The number of ether oxygens (including phenoxy) is 8. The zero-order valence-corrected chi connectivity index (χ0v) is 30.6. The summed E-state index contributed by atoms with van der Waals surface area (Å²) >= 11 is 0. The molecule has 16 atom stereocenters. The fraction of sp³-hybridized carbons (Fsp3) is 0.730. The van der Waals surface area contributed by atoms with E-state index >= 15 is 0 Å². The van der Waals surface area contributed by atoms with Gasteiger partial charge in [-0.3, -0.25) is 14.4 Å². The first kappa shape index (κ1) is 38.8. The molecule has 1 aromatic carbocycles. The van der Waals surface area contributed by atoms with Crippen LogP contribution >= 0.6 is 0 Å².